The van der Waals surface area contributed by atoms with Gasteiger partial charge in [0.1, 0.15) is 11.5 Å². The van der Waals surface area contributed by atoms with Crippen LogP contribution in [0, 0.1) is 0 Å². The van der Waals surface area contributed by atoms with Gasteiger partial charge in [0, 0.05) is 13.6 Å². The van der Waals surface area contributed by atoms with E-state index in [1.807, 2.05) is 6.92 Å². The lowest BCUT2D eigenvalue weighted by atomic mass is 10.4. The Kier molecular flexibility index (Phi) is 5.41. The van der Waals surface area contributed by atoms with Crippen LogP contribution in [0.15, 0.2) is 12.4 Å². The van der Waals surface area contributed by atoms with Gasteiger partial charge >= 0.3 is 0 Å². The van der Waals surface area contributed by atoms with Crippen LogP contribution in [0.25, 0.3) is 0 Å². The molecule has 0 aliphatic carbocycles. The van der Waals surface area contributed by atoms with Crippen LogP contribution < -0.4 is 5.32 Å². The van der Waals surface area contributed by atoms with Gasteiger partial charge in [0.15, 0.2) is 0 Å². The topological polar surface area (TPSA) is 58.1 Å². The van der Waals surface area contributed by atoms with Gasteiger partial charge in [0.05, 0.1) is 18.9 Å². The van der Waals surface area contributed by atoms with E-state index in [4.69, 9.17) is 0 Å². The third-order valence-electron chi connectivity index (χ3n) is 2.19. The Balaban J connectivity index is 2.63. The first-order chi connectivity index (χ1) is 8.54. The monoisotopic (exact) mass is 258 g/mol. The van der Waals surface area contributed by atoms with E-state index in [1.165, 1.54) is 19.4 Å². The van der Waals surface area contributed by atoms with Crippen LogP contribution in [0.5, 0.6) is 0 Å². The zero-order chi connectivity index (χ0) is 13.5. The average Bonchev–Trinajstić information content (AvgIpc) is 2.35. The van der Waals surface area contributed by atoms with Crippen LogP contribution in [0.3, 0.4) is 0 Å². The number of nitrogens with one attached hydrogen (secondary N) is 1. The van der Waals surface area contributed by atoms with Crippen LogP contribution in [0.2, 0.25) is 0 Å². The maximum Gasteiger partial charge on any atom is 0.273 e. The second-order valence-electron chi connectivity index (χ2n) is 3.79. The Morgan fingerprint density at radius 2 is 2.17 bits per heavy atom. The fraction of sp³-hybridized carbons (Fsp3) is 0.545. The molecule has 1 amide bonds. The average molecular weight is 258 g/mol. The molecule has 0 unspecified atom stereocenters. The van der Waals surface area contributed by atoms with Crippen molar-refractivity contribution >= 4 is 11.7 Å². The molecule has 1 aromatic heterocycles. The van der Waals surface area contributed by atoms with E-state index < -0.39 is 18.9 Å². The number of nitrogens with zero attached hydrogens (tertiary/aromatic N) is 3. The van der Waals surface area contributed by atoms with Crippen LogP contribution in [-0.2, 0) is 0 Å². The van der Waals surface area contributed by atoms with Crippen molar-refractivity contribution in [3.05, 3.63) is 18.1 Å². The number of rotatable bonds is 6. The van der Waals surface area contributed by atoms with Gasteiger partial charge in [-0.1, -0.05) is 6.92 Å². The molecule has 0 spiro atoms. The van der Waals surface area contributed by atoms with Gasteiger partial charge in [-0.3, -0.25) is 4.79 Å². The number of carbonyl (C=O) groups excluding carboxylic acids is 1. The molecular weight excluding hydrogens is 242 g/mol. The molecule has 18 heavy (non-hydrogen) atoms. The van der Waals surface area contributed by atoms with Gasteiger partial charge in [-0.05, 0) is 6.42 Å². The third kappa shape index (κ3) is 4.23. The molecule has 0 aliphatic heterocycles. The summed E-state index contributed by atoms with van der Waals surface area (Å²) in [6, 6.07) is 0. The van der Waals surface area contributed by atoms with Crippen LogP contribution in [-0.4, -0.2) is 47.3 Å². The lowest BCUT2D eigenvalue weighted by Gasteiger charge is -2.15. The van der Waals surface area contributed by atoms with E-state index in [0.29, 0.717) is 5.82 Å². The summed E-state index contributed by atoms with van der Waals surface area (Å²) >= 11 is 0. The summed E-state index contributed by atoms with van der Waals surface area (Å²) in [7, 11) is 1.30. The molecule has 0 atom stereocenters. The van der Waals surface area contributed by atoms with E-state index in [9.17, 15) is 13.6 Å². The first kappa shape index (κ1) is 14.3. The lowest BCUT2D eigenvalue weighted by Crippen LogP contribution is -2.31. The number of hydrogen-bond donors (Lipinski definition) is 1. The normalized spacial score (nSPS) is 10.5. The minimum Gasteiger partial charge on any atom is -0.369 e. The summed E-state index contributed by atoms with van der Waals surface area (Å²) in [6.45, 7) is 2.15. The zero-order valence-corrected chi connectivity index (χ0v) is 10.4. The molecular formula is C11H16F2N4O. The van der Waals surface area contributed by atoms with E-state index in [1.54, 1.807) is 0 Å². The summed E-state index contributed by atoms with van der Waals surface area (Å²) in [4.78, 5) is 20.5. The van der Waals surface area contributed by atoms with Crippen molar-refractivity contribution in [2.24, 2.45) is 0 Å². The summed E-state index contributed by atoms with van der Waals surface area (Å²) < 4.78 is 24.2. The molecule has 0 bridgehead atoms. The van der Waals surface area contributed by atoms with Crippen molar-refractivity contribution in [2.45, 2.75) is 19.8 Å². The van der Waals surface area contributed by atoms with E-state index >= 15 is 0 Å². The van der Waals surface area contributed by atoms with Gasteiger partial charge in [-0.15, -0.1) is 0 Å². The Morgan fingerprint density at radius 1 is 1.44 bits per heavy atom. The van der Waals surface area contributed by atoms with Gasteiger partial charge in [0.2, 0.25) is 0 Å². The van der Waals surface area contributed by atoms with E-state index in [-0.39, 0.29) is 5.69 Å². The Labute approximate surface area is 104 Å². The molecule has 1 aromatic rings. The summed E-state index contributed by atoms with van der Waals surface area (Å²) in [5, 5.41) is 3.00. The summed E-state index contributed by atoms with van der Waals surface area (Å²) in [6.07, 6.45) is 1.08. The quantitative estimate of drug-likeness (QED) is 0.842. The highest BCUT2D eigenvalue weighted by molar-refractivity contribution is 5.91. The van der Waals surface area contributed by atoms with Crippen LogP contribution in [0.1, 0.15) is 23.8 Å². The number of aromatic nitrogens is 2. The molecule has 1 heterocycles. The molecule has 0 fully saturated rings. The van der Waals surface area contributed by atoms with E-state index in [2.05, 4.69) is 15.3 Å². The van der Waals surface area contributed by atoms with Gasteiger partial charge < -0.3 is 10.2 Å². The maximum absolute atomic E-state index is 12.1. The molecule has 0 aliphatic rings. The SMILES string of the molecule is CCCNc1cnc(C(=O)N(C)CC(F)F)cn1. The Hall–Kier alpha value is -1.79. The third-order valence-corrected chi connectivity index (χ3v) is 2.19. The molecule has 0 saturated carbocycles. The number of halogens is 2. The van der Waals surface area contributed by atoms with Crippen molar-refractivity contribution in [1.29, 1.82) is 0 Å². The van der Waals surface area contributed by atoms with Crippen LogP contribution >= 0.6 is 0 Å². The largest absolute Gasteiger partial charge is 0.369 e. The summed E-state index contributed by atoms with van der Waals surface area (Å²) in [5.74, 6) is -0.00486. The molecule has 7 heteroatoms. The first-order valence-electron chi connectivity index (χ1n) is 5.64. The Morgan fingerprint density at radius 3 is 2.67 bits per heavy atom. The van der Waals surface area contributed by atoms with Gasteiger partial charge in [-0.2, -0.15) is 0 Å². The zero-order valence-electron chi connectivity index (χ0n) is 10.4. The predicted molar refractivity (Wildman–Crippen MR) is 63.8 cm³/mol. The van der Waals surface area contributed by atoms with Gasteiger partial charge in [0.25, 0.3) is 12.3 Å². The van der Waals surface area contributed by atoms with Crippen molar-refractivity contribution in [2.75, 3.05) is 25.5 Å². The molecule has 1 N–H and O–H groups in total. The first-order valence-corrected chi connectivity index (χ1v) is 5.64. The van der Waals surface area contributed by atoms with Crippen molar-refractivity contribution in [3.63, 3.8) is 0 Å². The number of alkyl halides is 2. The molecule has 5 nitrogen and oxygen atoms in total. The number of carbonyl (C=O) groups is 1. The fourth-order valence-corrected chi connectivity index (χ4v) is 1.27. The standard InChI is InChI=1S/C11H16F2N4O/c1-3-4-14-10-6-15-8(5-16-10)11(18)17(2)7-9(12)13/h5-6,9H,3-4,7H2,1-2H3,(H,14,16). The van der Waals surface area contributed by atoms with Crippen molar-refractivity contribution in [1.82, 2.24) is 14.9 Å². The van der Waals surface area contributed by atoms with Crippen molar-refractivity contribution < 1.29 is 13.6 Å². The fourth-order valence-electron chi connectivity index (χ4n) is 1.27. The van der Waals surface area contributed by atoms with Gasteiger partial charge in [-0.25, -0.2) is 18.7 Å². The predicted octanol–water partition coefficient (Wildman–Crippen LogP) is 1.64. The Bertz CT molecular complexity index is 383. The highest BCUT2D eigenvalue weighted by atomic mass is 19.3. The highest BCUT2D eigenvalue weighted by Gasteiger charge is 2.17. The molecule has 0 radical (unpaired) electrons. The summed E-state index contributed by atoms with van der Waals surface area (Å²) in [5.41, 5.74) is 0.0557. The second-order valence-corrected chi connectivity index (χ2v) is 3.79. The minimum atomic E-state index is -2.56. The lowest BCUT2D eigenvalue weighted by molar-refractivity contribution is 0.0615. The molecule has 0 saturated heterocycles. The molecule has 1 rings (SSSR count). The smallest absolute Gasteiger partial charge is 0.273 e. The molecule has 0 aromatic carbocycles. The van der Waals surface area contributed by atoms with E-state index in [0.717, 1.165) is 17.9 Å². The molecule has 100 valence electrons. The van der Waals surface area contributed by atoms with Crippen molar-refractivity contribution in [3.8, 4) is 0 Å². The maximum atomic E-state index is 12.1. The number of anilines is 1. The number of hydrogen-bond acceptors (Lipinski definition) is 4. The second kappa shape index (κ2) is 6.83. The number of amides is 1. The highest BCUT2D eigenvalue weighted by Crippen LogP contribution is 2.05. The van der Waals surface area contributed by atoms with Crippen LogP contribution in [0.4, 0.5) is 14.6 Å². The minimum absolute atomic E-state index is 0.0557.